The summed E-state index contributed by atoms with van der Waals surface area (Å²) >= 11 is 0. The van der Waals surface area contributed by atoms with E-state index in [4.69, 9.17) is 10.9 Å². The molecule has 0 fully saturated rings. The van der Waals surface area contributed by atoms with E-state index in [1.165, 1.54) is 0 Å². The van der Waals surface area contributed by atoms with Gasteiger partial charge in [-0.1, -0.05) is 18.1 Å². The van der Waals surface area contributed by atoms with E-state index in [9.17, 15) is 4.79 Å². The van der Waals surface area contributed by atoms with Gasteiger partial charge < -0.3 is 16.3 Å². The molecule has 1 amide bonds. The summed E-state index contributed by atoms with van der Waals surface area (Å²) in [6, 6.07) is 5.60. The van der Waals surface area contributed by atoms with Crippen molar-refractivity contribution >= 4 is 11.7 Å². The van der Waals surface area contributed by atoms with Crippen LogP contribution in [-0.4, -0.2) is 21.9 Å². The average molecular weight is 250 g/mol. The summed E-state index contributed by atoms with van der Waals surface area (Å²) in [5.74, 6) is -0.955. The number of carbonyl (C=O) groups excluding carboxylic acids is 1. The molecule has 0 spiro atoms. The molecule has 0 aliphatic carbocycles. The lowest BCUT2D eigenvalue weighted by molar-refractivity contribution is -0.123. The summed E-state index contributed by atoms with van der Waals surface area (Å²) in [5, 5.41) is 14.2. The van der Waals surface area contributed by atoms with Crippen LogP contribution in [0.5, 0.6) is 0 Å². The van der Waals surface area contributed by atoms with Crippen LogP contribution in [0, 0.1) is 12.8 Å². The minimum Gasteiger partial charge on any atom is -0.409 e. The summed E-state index contributed by atoms with van der Waals surface area (Å²) in [5.41, 5.74) is 7.11. The molecule has 0 saturated heterocycles. The number of hydrogen-bond acceptors (Lipinski definition) is 4. The minimum atomic E-state index is -0.611. The molecule has 98 valence electrons. The van der Waals surface area contributed by atoms with Gasteiger partial charge in [0.05, 0.1) is 18.2 Å². The first-order chi connectivity index (χ1) is 8.58. The lowest BCUT2D eigenvalue weighted by atomic mass is 10.0. The number of amides is 1. The van der Waals surface area contributed by atoms with E-state index in [0.717, 1.165) is 11.4 Å². The number of aromatic nitrogens is 1. The third kappa shape index (κ3) is 3.73. The number of carbonyl (C=O) groups is 1. The highest BCUT2D eigenvalue weighted by Gasteiger charge is 2.20. The van der Waals surface area contributed by atoms with Gasteiger partial charge in [-0.15, -0.1) is 0 Å². The zero-order chi connectivity index (χ0) is 13.5. The van der Waals surface area contributed by atoms with E-state index in [1.54, 1.807) is 6.92 Å². The molecule has 0 aromatic carbocycles. The quantitative estimate of drug-likeness (QED) is 0.311. The molecule has 1 aromatic heterocycles. The van der Waals surface area contributed by atoms with Gasteiger partial charge in [0.1, 0.15) is 0 Å². The molecular formula is C12H18N4O2. The van der Waals surface area contributed by atoms with Crippen LogP contribution in [0.25, 0.3) is 0 Å². The number of pyridine rings is 1. The molecule has 1 rings (SSSR count). The van der Waals surface area contributed by atoms with E-state index in [1.807, 2.05) is 25.1 Å². The molecule has 0 bridgehead atoms. The van der Waals surface area contributed by atoms with Crippen LogP contribution in [0.2, 0.25) is 0 Å². The van der Waals surface area contributed by atoms with Crippen molar-refractivity contribution in [2.24, 2.45) is 16.8 Å². The molecule has 1 aromatic rings. The smallest absolute Gasteiger partial charge is 0.231 e. The number of hydrogen-bond donors (Lipinski definition) is 3. The Hall–Kier alpha value is -2.11. The van der Waals surface area contributed by atoms with Crippen LogP contribution in [-0.2, 0) is 11.3 Å². The Balaban J connectivity index is 2.60. The molecule has 1 unspecified atom stereocenters. The number of nitrogens with zero attached hydrogens (tertiary/aromatic N) is 2. The Morgan fingerprint density at radius 2 is 2.33 bits per heavy atom. The summed E-state index contributed by atoms with van der Waals surface area (Å²) in [4.78, 5) is 16.1. The third-order valence-corrected chi connectivity index (χ3v) is 2.59. The maximum atomic E-state index is 11.8. The van der Waals surface area contributed by atoms with Gasteiger partial charge >= 0.3 is 0 Å². The largest absolute Gasteiger partial charge is 0.409 e. The lowest BCUT2D eigenvalue weighted by Crippen LogP contribution is -2.38. The van der Waals surface area contributed by atoms with Crippen molar-refractivity contribution < 1.29 is 10.0 Å². The van der Waals surface area contributed by atoms with E-state index in [-0.39, 0.29) is 11.7 Å². The second kappa shape index (κ2) is 6.58. The Labute approximate surface area is 106 Å². The maximum Gasteiger partial charge on any atom is 0.231 e. The third-order valence-electron chi connectivity index (χ3n) is 2.59. The van der Waals surface area contributed by atoms with Crippen molar-refractivity contribution in [3.63, 3.8) is 0 Å². The fraction of sp³-hybridized carbons (Fsp3) is 0.417. The van der Waals surface area contributed by atoms with Crippen LogP contribution in [0.15, 0.2) is 23.4 Å². The molecule has 6 nitrogen and oxygen atoms in total. The van der Waals surface area contributed by atoms with Crippen molar-refractivity contribution in [3.05, 3.63) is 29.6 Å². The van der Waals surface area contributed by atoms with Crippen molar-refractivity contribution in [1.82, 2.24) is 10.3 Å². The normalized spacial score (nSPS) is 13.1. The van der Waals surface area contributed by atoms with Gasteiger partial charge in [-0.25, -0.2) is 0 Å². The average Bonchev–Trinajstić information content (AvgIpc) is 2.37. The van der Waals surface area contributed by atoms with E-state index < -0.39 is 5.92 Å². The molecule has 18 heavy (non-hydrogen) atoms. The van der Waals surface area contributed by atoms with Gasteiger partial charge in [0, 0.05) is 5.69 Å². The van der Waals surface area contributed by atoms with Crippen molar-refractivity contribution in [2.45, 2.75) is 26.8 Å². The Kier molecular flexibility index (Phi) is 5.10. The van der Waals surface area contributed by atoms with Gasteiger partial charge in [-0.05, 0) is 25.5 Å². The molecule has 0 radical (unpaired) electrons. The molecule has 0 aliphatic heterocycles. The minimum absolute atomic E-state index is 0.0767. The molecule has 1 atom stereocenters. The first-order valence-corrected chi connectivity index (χ1v) is 5.76. The van der Waals surface area contributed by atoms with E-state index in [2.05, 4.69) is 15.5 Å². The molecule has 6 heteroatoms. The van der Waals surface area contributed by atoms with Crippen LogP contribution < -0.4 is 11.1 Å². The number of oxime groups is 1. The Morgan fingerprint density at radius 1 is 1.61 bits per heavy atom. The summed E-state index contributed by atoms with van der Waals surface area (Å²) in [7, 11) is 0. The number of aryl methyl sites for hydroxylation is 1. The molecule has 1 heterocycles. The first-order valence-electron chi connectivity index (χ1n) is 5.76. The number of nitrogens with one attached hydrogen (secondary N) is 1. The van der Waals surface area contributed by atoms with Crippen LogP contribution in [0.3, 0.4) is 0 Å². The lowest BCUT2D eigenvalue weighted by Gasteiger charge is -2.13. The van der Waals surface area contributed by atoms with E-state index >= 15 is 0 Å². The monoisotopic (exact) mass is 250 g/mol. The van der Waals surface area contributed by atoms with Gasteiger partial charge in [-0.2, -0.15) is 0 Å². The number of amidine groups is 1. The molecule has 0 saturated carbocycles. The zero-order valence-corrected chi connectivity index (χ0v) is 10.6. The topological polar surface area (TPSA) is 101 Å². The van der Waals surface area contributed by atoms with E-state index in [0.29, 0.717) is 13.0 Å². The Morgan fingerprint density at radius 3 is 2.89 bits per heavy atom. The van der Waals surface area contributed by atoms with Crippen molar-refractivity contribution in [1.29, 1.82) is 0 Å². The zero-order valence-electron chi connectivity index (χ0n) is 10.6. The van der Waals surface area contributed by atoms with Crippen LogP contribution in [0.4, 0.5) is 0 Å². The molecular weight excluding hydrogens is 232 g/mol. The predicted octanol–water partition coefficient (Wildman–Crippen LogP) is 0.779. The predicted molar refractivity (Wildman–Crippen MR) is 68.0 cm³/mol. The second-order valence-electron chi connectivity index (χ2n) is 3.97. The first kappa shape index (κ1) is 14.0. The molecule has 0 aliphatic rings. The summed E-state index contributed by atoms with van der Waals surface area (Å²) in [6.45, 7) is 4.01. The number of nitrogens with two attached hydrogens (primary N) is 1. The highest BCUT2D eigenvalue weighted by atomic mass is 16.4. The van der Waals surface area contributed by atoms with Gasteiger partial charge in [0.25, 0.3) is 0 Å². The van der Waals surface area contributed by atoms with Gasteiger partial charge in [0.15, 0.2) is 5.84 Å². The summed E-state index contributed by atoms with van der Waals surface area (Å²) < 4.78 is 0. The van der Waals surface area contributed by atoms with Crippen molar-refractivity contribution in [3.8, 4) is 0 Å². The van der Waals surface area contributed by atoms with Crippen molar-refractivity contribution in [2.75, 3.05) is 0 Å². The number of rotatable bonds is 5. The fourth-order valence-electron chi connectivity index (χ4n) is 1.60. The van der Waals surface area contributed by atoms with Crippen LogP contribution in [0.1, 0.15) is 24.7 Å². The maximum absolute atomic E-state index is 11.8. The van der Waals surface area contributed by atoms with Gasteiger partial charge in [-0.3, -0.25) is 9.78 Å². The standard InChI is InChI=1S/C12H18N4O2/c1-3-10(11(13)16-18)12(17)14-7-9-6-4-5-8(2)15-9/h4-6,10,18H,3,7H2,1-2H3,(H2,13,16)(H,14,17). The highest BCUT2D eigenvalue weighted by Crippen LogP contribution is 2.04. The SMILES string of the molecule is CCC(C(=O)NCc1cccc(C)n1)C(N)=NO. The molecule has 4 N–H and O–H groups in total. The fourth-order valence-corrected chi connectivity index (χ4v) is 1.60. The summed E-state index contributed by atoms with van der Waals surface area (Å²) in [6.07, 6.45) is 0.475. The van der Waals surface area contributed by atoms with Crippen LogP contribution >= 0.6 is 0 Å². The highest BCUT2D eigenvalue weighted by molar-refractivity contribution is 6.01. The second-order valence-corrected chi connectivity index (χ2v) is 3.97. The van der Waals surface area contributed by atoms with Gasteiger partial charge in [0.2, 0.25) is 5.91 Å². The Bertz CT molecular complexity index is 445.